The van der Waals surface area contributed by atoms with Gasteiger partial charge < -0.3 is 9.16 Å². The van der Waals surface area contributed by atoms with Gasteiger partial charge in [-0.3, -0.25) is 4.79 Å². The summed E-state index contributed by atoms with van der Waals surface area (Å²) in [6.07, 6.45) is 0. The summed E-state index contributed by atoms with van der Waals surface area (Å²) < 4.78 is 11.4. The molecule has 0 heterocycles. The average molecular weight is 359 g/mol. The Morgan fingerprint density at radius 3 is 2.17 bits per heavy atom. The minimum Gasteiger partial charge on any atom is -0.544 e. The van der Waals surface area contributed by atoms with E-state index in [1.54, 1.807) is 7.11 Å². The lowest BCUT2D eigenvalue weighted by Gasteiger charge is -2.24. The third-order valence-electron chi connectivity index (χ3n) is 4.03. The van der Waals surface area contributed by atoms with Gasteiger partial charge in [0, 0.05) is 21.4 Å². The number of ether oxygens (including phenoxy) is 1. The predicted molar refractivity (Wildman–Crippen MR) is 106 cm³/mol. The molecule has 24 heavy (non-hydrogen) atoms. The summed E-state index contributed by atoms with van der Waals surface area (Å²) in [6, 6.07) is 9.26. The molecule has 0 saturated heterocycles. The molecule has 2 aromatic carbocycles. The zero-order valence-electron chi connectivity index (χ0n) is 15.6. The highest BCUT2D eigenvalue weighted by Crippen LogP contribution is 2.27. The van der Waals surface area contributed by atoms with Crippen molar-refractivity contribution in [1.29, 1.82) is 0 Å². The summed E-state index contributed by atoms with van der Waals surface area (Å²) in [4.78, 5) is 12.9. The number of carbonyl (C=O) groups is 1. The van der Waals surface area contributed by atoms with Crippen molar-refractivity contribution in [1.82, 2.24) is 0 Å². The van der Waals surface area contributed by atoms with Crippen LogP contribution in [0.2, 0.25) is 19.6 Å². The Hall–Kier alpha value is -1.86. The van der Waals surface area contributed by atoms with Crippen molar-refractivity contribution in [3.05, 3.63) is 52.6 Å². The molecule has 0 aromatic heterocycles. The lowest BCUT2D eigenvalue weighted by atomic mass is 9.98. The van der Waals surface area contributed by atoms with Gasteiger partial charge in [-0.2, -0.15) is 0 Å². The van der Waals surface area contributed by atoms with Crippen LogP contribution in [-0.4, -0.2) is 31.5 Å². The molecule has 0 spiro atoms. The van der Waals surface area contributed by atoms with Crippen LogP contribution < -0.4 is 14.3 Å². The summed E-state index contributed by atoms with van der Waals surface area (Å²) in [6.45, 7) is 10.6. The molecule has 2 rings (SSSR count). The lowest BCUT2D eigenvalue weighted by Crippen LogP contribution is -2.31. The summed E-state index contributed by atoms with van der Waals surface area (Å²) in [5.41, 5.74) is 3.63. The van der Waals surface area contributed by atoms with Gasteiger partial charge in [0.2, 0.25) is 8.32 Å². The normalized spacial score (nSPS) is 11.4. The van der Waals surface area contributed by atoms with Crippen LogP contribution >= 0.6 is 0 Å². The minimum atomic E-state index is -1.69. The van der Waals surface area contributed by atoms with Crippen LogP contribution in [-0.2, 0) is 0 Å². The summed E-state index contributed by atoms with van der Waals surface area (Å²) >= 11 is 0. The van der Waals surface area contributed by atoms with Crippen molar-refractivity contribution in [2.45, 2.75) is 33.5 Å². The van der Waals surface area contributed by atoms with Crippen molar-refractivity contribution in [2.75, 3.05) is 7.11 Å². The molecule has 0 unspecified atom stereocenters. The van der Waals surface area contributed by atoms with Gasteiger partial charge in [-0.25, -0.2) is 0 Å². The Labute approximate surface area is 148 Å². The average Bonchev–Trinajstić information content (AvgIpc) is 2.53. The molecule has 0 aliphatic heterocycles. The number of hydrogen-bond acceptors (Lipinski definition) is 3. The third kappa shape index (κ3) is 3.97. The van der Waals surface area contributed by atoms with Crippen molar-refractivity contribution in [3.63, 3.8) is 0 Å². The van der Waals surface area contributed by atoms with E-state index in [4.69, 9.17) is 9.16 Å². The first kappa shape index (κ1) is 18.5. The highest BCUT2D eigenvalue weighted by atomic mass is 28.4. The largest absolute Gasteiger partial charge is 0.544 e. The molecule has 0 N–H and O–H groups in total. The van der Waals surface area contributed by atoms with Gasteiger partial charge in [0.05, 0.1) is 7.11 Å². The first-order valence-electron chi connectivity index (χ1n) is 8.12. The van der Waals surface area contributed by atoms with Crippen LogP contribution in [0.4, 0.5) is 0 Å². The molecule has 0 aliphatic rings. The lowest BCUT2D eigenvalue weighted by molar-refractivity contribution is 0.103. The number of methoxy groups -OCH3 is 1. The molecule has 0 radical (unpaired) electrons. The topological polar surface area (TPSA) is 35.5 Å². The summed E-state index contributed by atoms with van der Waals surface area (Å²) in [5.74, 6) is 1.78. The molecule has 0 bridgehead atoms. The van der Waals surface area contributed by atoms with Crippen LogP contribution in [0.15, 0.2) is 30.3 Å². The molecule has 2 aromatic rings. The van der Waals surface area contributed by atoms with Gasteiger partial charge in [0.25, 0.3) is 0 Å². The van der Waals surface area contributed by atoms with Crippen molar-refractivity contribution in [2.24, 2.45) is 0 Å². The van der Waals surface area contributed by atoms with Crippen molar-refractivity contribution in [3.8, 4) is 11.5 Å². The standard InChI is InChI=1S/C19H26O3Si2/c1-12-11-16(17(20)14-7-9-15(21-3)10-8-14)19(23)13(2)18(12)22-24(4,5)6/h7-11H,1-6,23H3. The number of carbonyl (C=O) groups excluding carboxylic acids is 1. The van der Waals surface area contributed by atoms with E-state index in [0.29, 0.717) is 5.56 Å². The molecular weight excluding hydrogens is 332 g/mol. The molecule has 128 valence electrons. The number of hydrogen-bond donors (Lipinski definition) is 0. The second-order valence-corrected chi connectivity index (χ2v) is 12.5. The highest BCUT2D eigenvalue weighted by molar-refractivity contribution is 6.70. The second-order valence-electron chi connectivity index (χ2n) is 7.09. The monoisotopic (exact) mass is 358 g/mol. The van der Waals surface area contributed by atoms with E-state index in [0.717, 1.165) is 43.6 Å². The van der Waals surface area contributed by atoms with Crippen LogP contribution in [0.25, 0.3) is 0 Å². The zero-order chi connectivity index (χ0) is 18.1. The highest BCUT2D eigenvalue weighted by Gasteiger charge is 2.22. The van der Waals surface area contributed by atoms with Gasteiger partial charge in [-0.1, -0.05) is 5.19 Å². The maximum atomic E-state index is 12.9. The number of aryl methyl sites for hydroxylation is 1. The first-order chi connectivity index (χ1) is 11.1. The molecule has 0 saturated carbocycles. The molecule has 3 nitrogen and oxygen atoms in total. The Balaban J connectivity index is 2.45. The number of benzene rings is 2. The Morgan fingerprint density at radius 1 is 1.08 bits per heavy atom. The van der Waals surface area contributed by atoms with Crippen LogP contribution in [0, 0.1) is 13.8 Å². The van der Waals surface area contributed by atoms with E-state index in [1.165, 1.54) is 0 Å². The van der Waals surface area contributed by atoms with E-state index < -0.39 is 8.32 Å². The fourth-order valence-electron chi connectivity index (χ4n) is 2.66. The predicted octanol–water partition coefficient (Wildman–Crippen LogP) is 2.75. The van der Waals surface area contributed by atoms with Crippen molar-refractivity contribution < 1.29 is 14.0 Å². The van der Waals surface area contributed by atoms with E-state index in [-0.39, 0.29) is 5.78 Å². The third-order valence-corrected chi connectivity index (χ3v) is 6.14. The first-order valence-corrected chi connectivity index (χ1v) is 12.5. The molecule has 0 fully saturated rings. The van der Waals surface area contributed by atoms with Gasteiger partial charge >= 0.3 is 0 Å². The van der Waals surface area contributed by atoms with Gasteiger partial charge in [0.15, 0.2) is 5.78 Å². The molecule has 0 aliphatic carbocycles. The molecule has 5 heteroatoms. The fourth-order valence-corrected chi connectivity index (χ4v) is 4.18. The van der Waals surface area contributed by atoms with Crippen LogP contribution in [0.5, 0.6) is 11.5 Å². The van der Waals surface area contributed by atoms with Crippen molar-refractivity contribution >= 4 is 29.5 Å². The number of ketones is 1. The van der Waals surface area contributed by atoms with Crippen LogP contribution in [0.1, 0.15) is 27.0 Å². The maximum Gasteiger partial charge on any atom is 0.242 e. The smallest absolute Gasteiger partial charge is 0.242 e. The molecular formula is C19H26O3Si2. The fraction of sp³-hybridized carbons (Fsp3) is 0.316. The van der Waals surface area contributed by atoms with E-state index >= 15 is 0 Å². The van der Waals surface area contributed by atoms with E-state index in [9.17, 15) is 4.79 Å². The van der Waals surface area contributed by atoms with Gasteiger partial charge in [0.1, 0.15) is 11.5 Å². The molecule has 0 atom stereocenters. The Bertz CT molecular complexity index is 760. The van der Waals surface area contributed by atoms with E-state index in [1.807, 2.05) is 37.3 Å². The maximum absolute atomic E-state index is 12.9. The van der Waals surface area contributed by atoms with E-state index in [2.05, 4.69) is 26.6 Å². The second kappa shape index (κ2) is 6.95. The van der Waals surface area contributed by atoms with Crippen LogP contribution in [0.3, 0.4) is 0 Å². The Kier molecular flexibility index (Phi) is 5.35. The number of rotatable bonds is 5. The zero-order valence-corrected chi connectivity index (χ0v) is 18.6. The minimum absolute atomic E-state index is 0.0633. The van der Waals surface area contributed by atoms with Gasteiger partial charge in [-0.15, -0.1) is 0 Å². The quantitative estimate of drug-likeness (QED) is 0.609. The summed E-state index contributed by atoms with van der Waals surface area (Å²) in [7, 11) is 0.739. The Morgan fingerprint density at radius 2 is 1.67 bits per heavy atom. The SMILES string of the molecule is COc1ccc(C(=O)c2cc(C)c(O[Si](C)(C)C)c(C)c2[SiH3])cc1. The summed E-state index contributed by atoms with van der Waals surface area (Å²) in [5, 5.41) is 1.12. The van der Waals surface area contributed by atoms with Gasteiger partial charge in [-0.05, 0) is 74.9 Å². The molecule has 0 amide bonds.